The average Bonchev–Trinajstić information content (AvgIpc) is 2.73. The number of aromatic amines is 1. The van der Waals surface area contributed by atoms with E-state index < -0.39 is 0 Å². The molecule has 0 atom stereocenters. The van der Waals surface area contributed by atoms with Gasteiger partial charge in [-0.3, -0.25) is 9.89 Å². The van der Waals surface area contributed by atoms with Crippen LogP contribution in [-0.4, -0.2) is 33.0 Å². The summed E-state index contributed by atoms with van der Waals surface area (Å²) in [6.07, 6.45) is 0. The second-order valence-corrected chi connectivity index (χ2v) is 4.37. The van der Waals surface area contributed by atoms with E-state index >= 15 is 0 Å². The molecule has 0 aliphatic carbocycles. The van der Waals surface area contributed by atoms with Crippen LogP contribution in [0.2, 0.25) is 0 Å². The summed E-state index contributed by atoms with van der Waals surface area (Å²) in [5.74, 6) is 1.35. The van der Waals surface area contributed by atoms with E-state index in [1.807, 2.05) is 38.1 Å². The molecular weight excluding hydrogens is 228 g/mol. The van der Waals surface area contributed by atoms with Crippen molar-refractivity contribution in [1.29, 1.82) is 0 Å². The van der Waals surface area contributed by atoms with Crippen LogP contribution in [0.3, 0.4) is 0 Å². The number of amides is 1. The van der Waals surface area contributed by atoms with Gasteiger partial charge in [0.15, 0.2) is 5.82 Å². The highest BCUT2D eigenvalue weighted by Crippen LogP contribution is 2.08. The van der Waals surface area contributed by atoms with Gasteiger partial charge in [0.1, 0.15) is 5.82 Å². The molecule has 0 spiro atoms. The summed E-state index contributed by atoms with van der Waals surface area (Å²) in [4.78, 5) is 18.0. The SMILES string of the molecule is Cc1cccc(C(=O)N(C)Cc2n[nH]c(C)n2)c1. The van der Waals surface area contributed by atoms with Gasteiger partial charge in [-0.1, -0.05) is 17.7 Å². The van der Waals surface area contributed by atoms with E-state index in [0.29, 0.717) is 17.9 Å². The zero-order valence-corrected chi connectivity index (χ0v) is 10.8. The normalized spacial score (nSPS) is 10.4. The van der Waals surface area contributed by atoms with Crippen molar-refractivity contribution >= 4 is 5.91 Å². The molecule has 5 heteroatoms. The molecule has 0 bridgehead atoms. The summed E-state index contributed by atoms with van der Waals surface area (Å²) in [6, 6.07) is 7.54. The van der Waals surface area contributed by atoms with Crippen LogP contribution in [-0.2, 0) is 6.54 Å². The number of nitrogens with one attached hydrogen (secondary N) is 1. The van der Waals surface area contributed by atoms with Gasteiger partial charge in [0.05, 0.1) is 6.54 Å². The Morgan fingerprint density at radius 1 is 1.39 bits per heavy atom. The molecule has 0 saturated heterocycles. The lowest BCUT2D eigenvalue weighted by Crippen LogP contribution is -2.26. The average molecular weight is 244 g/mol. The largest absolute Gasteiger partial charge is 0.334 e. The number of benzene rings is 1. The zero-order chi connectivity index (χ0) is 13.1. The molecule has 0 unspecified atom stereocenters. The monoisotopic (exact) mass is 244 g/mol. The molecule has 0 fully saturated rings. The maximum atomic E-state index is 12.2. The van der Waals surface area contributed by atoms with Crippen molar-refractivity contribution in [2.45, 2.75) is 20.4 Å². The molecule has 5 nitrogen and oxygen atoms in total. The van der Waals surface area contributed by atoms with E-state index in [-0.39, 0.29) is 5.91 Å². The van der Waals surface area contributed by atoms with Gasteiger partial charge in [0.2, 0.25) is 0 Å². The first-order valence-corrected chi connectivity index (χ1v) is 5.76. The van der Waals surface area contributed by atoms with Gasteiger partial charge >= 0.3 is 0 Å². The third kappa shape index (κ3) is 2.74. The van der Waals surface area contributed by atoms with Gasteiger partial charge in [0.25, 0.3) is 5.91 Å². The van der Waals surface area contributed by atoms with Crippen molar-refractivity contribution in [3.05, 3.63) is 47.0 Å². The summed E-state index contributed by atoms with van der Waals surface area (Å²) < 4.78 is 0. The topological polar surface area (TPSA) is 61.9 Å². The highest BCUT2D eigenvalue weighted by Gasteiger charge is 2.13. The molecule has 2 aromatic rings. The molecule has 18 heavy (non-hydrogen) atoms. The lowest BCUT2D eigenvalue weighted by Gasteiger charge is -2.15. The summed E-state index contributed by atoms with van der Waals surface area (Å²) in [5.41, 5.74) is 1.76. The molecule has 1 N–H and O–H groups in total. The van der Waals surface area contributed by atoms with E-state index in [1.165, 1.54) is 0 Å². The van der Waals surface area contributed by atoms with E-state index in [1.54, 1.807) is 11.9 Å². The Balaban J connectivity index is 2.09. The standard InChI is InChI=1S/C13H16N4O/c1-9-5-4-6-11(7-9)13(18)17(3)8-12-14-10(2)15-16-12/h4-7H,8H2,1-3H3,(H,14,15,16). The zero-order valence-electron chi connectivity index (χ0n) is 10.8. The lowest BCUT2D eigenvalue weighted by atomic mass is 10.1. The second kappa shape index (κ2) is 5.00. The van der Waals surface area contributed by atoms with Gasteiger partial charge < -0.3 is 4.90 Å². The number of H-pyrrole nitrogens is 1. The minimum absolute atomic E-state index is 0.0267. The third-order valence-corrected chi connectivity index (χ3v) is 2.63. The molecule has 1 heterocycles. The summed E-state index contributed by atoms with van der Waals surface area (Å²) in [5, 5.41) is 6.78. The highest BCUT2D eigenvalue weighted by atomic mass is 16.2. The third-order valence-electron chi connectivity index (χ3n) is 2.63. The number of rotatable bonds is 3. The Morgan fingerprint density at radius 3 is 2.78 bits per heavy atom. The summed E-state index contributed by atoms with van der Waals surface area (Å²) >= 11 is 0. The molecule has 0 aliphatic rings. The quantitative estimate of drug-likeness (QED) is 0.893. The van der Waals surface area contributed by atoms with Crippen molar-refractivity contribution < 1.29 is 4.79 Å². The van der Waals surface area contributed by atoms with Crippen molar-refractivity contribution in [2.24, 2.45) is 0 Å². The predicted molar refractivity (Wildman–Crippen MR) is 68.1 cm³/mol. The number of hydrogen-bond acceptors (Lipinski definition) is 3. The van der Waals surface area contributed by atoms with Crippen LogP contribution in [0, 0.1) is 13.8 Å². The van der Waals surface area contributed by atoms with Gasteiger partial charge in [-0.15, -0.1) is 0 Å². The Morgan fingerprint density at radius 2 is 2.17 bits per heavy atom. The number of aryl methyl sites for hydroxylation is 2. The summed E-state index contributed by atoms with van der Waals surface area (Å²) in [7, 11) is 1.75. The molecular formula is C13H16N4O. The second-order valence-electron chi connectivity index (χ2n) is 4.37. The number of carbonyl (C=O) groups excluding carboxylic acids is 1. The number of nitrogens with zero attached hydrogens (tertiary/aromatic N) is 3. The first-order chi connectivity index (χ1) is 8.56. The lowest BCUT2D eigenvalue weighted by molar-refractivity contribution is 0.0781. The van der Waals surface area contributed by atoms with Gasteiger partial charge in [-0.2, -0.15) is 5.10 Å². The highest BCUT2D eigenvalue weighted by molar-refractivity contribution is 5.94. The molecule has 0 radical (unpaired) electrons. The van der Waals surface area contributed by atoms with Crippen LogP contribution in [0.25, 0.3) is 0 Å². The van der Waals surface area contributed by atoms with E-state index in [4.69, 9.17) is 0 Å². The molecule has 1 aromatic heterocycles. The van der Waals surface area contributed by atoms with Gasteiger partial charge in [-0.05, 0) is 26.0 Å². The van der Waals surface area contributed by atoms with Gasteiger partial charge in [0, 0.05) is 12.6 Å². The fraction of sp³-hybridized carbons (Fsp3) is 0.308. The fourth-order valence-electron chi connectivity index (χ4n) is 1.74. The molecule has 1 amide bonds. The Labute approximate surface area is 106 Å². The van der Waals surface area contributed by atoms with Gasteiger partial charge in [-0.25, -0.2) is 4.98 Å². The van der Waals surface area contributed by atoms with Crippen LogP contribution in [0.5, 0.6) is 0 Å². The van der Waals surface area contributed by atoms with Crippen LogP contribution in [0.1, 0.15) is 27.6 Å². The Kier molecular flexibility index (Phi) is 3.41. The van der Waals surface area contributed by atoms with Crippen LogP contribution in [0.15, 0.2) is 24.3 Å². The summed E-state index contributed by atoms with van der Waals surface area (Å²) in [6.45, 7) is 4.20. The molecule has 0 saturated carbocycles. The van der Waals surface area contributed by atoms with Crippen LogP contribution in [0.4, 0.5) is 0 Å². The Hall–Kier alpha value is -2.17. The molecule has 1 aromatic carbocycles. The maximum absolute atomic E-state index is 12.2. The maximum Gasteiger partial charge on any atom is 0.254 e. The van der Waals surface area contributed by atoms with E-state index in [0.717, 1.165) is 11.4 Å². The predicted octanol–water partition coefficient (Wildman–Crippen LogP) is 1.69. The van der Waals surface area contributed by atoms with Crippen molar-refractivity contribution in [3.8, 4) is 0 Å². The molecule has 2 rings (SSSR count). The Bertz CT molecular complexity index is 562. The first kappa shape index (κ1) is 12.3. The molecule has 94 valence electrons. The minimum Gasteiger partial charge on any atom is -0.334 e. The number of aromatic nitrogens is 3. The van der Waals surface area contributed by atoms with Crippen molar-refractivity contribution in [1.82, 2.24) is 20.1 Å². The van der Waals surface area contributed by atoms with Crippen molar-refractivity contribution in [2.75, 3.05) is 7.05 Å². The van der Waals surface area contributed by atoms with Crippen LogP contribution < -0.4 is 0 Å². The number of carbonyl (C=O) groups is 1. The van der Waals surface area contributed by atoms with Crippen molar-refractivity contribution in [3.63, 3.8) is 0 Å². The smallest absolute Gasteiger partial charge is 0.254 e. The fourth-order valence-corrected chi connectivity index (χ4v) is 1.74. The number of hydrogen-bond donors (Lipinski definition) is 1. The first-order valence-electron chi connectivity index (χ1n) is 5.76. The minimum atomic E-state index is -0.0267. The molecule has 0 aliphatic heterocycles. The van der Waals surface area contributed by atoms with E-state index in [9.17, 15) is 4.79 Å². The van der Waals surface area contributed by atoms with E-state index in [2.05, 4.69) is 15.2 Å². The van der Waals surface area contributed by atoms with Crippen LogP contribution >= 0.6 is 0 Å².